The Kier molecular flexibility index (Phi) is 5.68. The van der Waals surface area contributed by atoms with Crippen molar-refractivity contribution >= 4 is 11.8 Å². The van der Waals surface area contributed by atoms with Crippen molar-refractivity contribution in [1.29, 1.82) is 0 Å². The average molecular weight is 347 g/mol. The number of hydrogen-bond acceptors (Lipinski definition) is 3. The largest absolute Gasteiger partial charge is 0.354 e. The number of benzene rings is 1. The average Bonchev–Trinajstić information content (AvgIpc) is 3.16. The smallest absolute Gasteiger partial charge is 0.256 e. The predicted molar refractivity (Wildman–Crippen MR) is 93.8 cm³/mol. The molecule has 2 fully saturated rings. The van der Waals surface area contributed by atoms with Gasteiger partial charge in [-0.15, -0.1) is 0 Å². The highest BCUT2D eigenvalue weighted by molar-refractivity contribution is 5.94. The van der Waals surface area contributed by atoms with E-state index >= 15 is 0 Å². The number of piperidine rings is 1. The van der Waals surface area contributed by atoms with Gasteiger partial charge < -0.3 is 15.5 Å². The fourth-order valence-electron chi connectivity index (χ4n) is 3.67. The van der Waals surface area contributed by atoms with Crippen molar-refractivity contribution in [2.45, 2.75) is 38.6 Å². The molecule has 6 heteroatoms. The quantitative estimate of drug-likeness (QED) is 0.874. The second-order valence-electron chi connectivity index (χ2n) is 7.14. The Morgan fingerprint density at radius 2 is 2.16 bits per heavy atom. The van der Waals surface area contributed by atoms with Gasteiger partial charge in [0.05, 0.1) is 11.6 Å². The van der Waals surface area contributed by atoms with E-state index in [9.17, 15) is 14.0 Å². The second kappa shape index (κ2) is 7.95. The highest BCUT2D eigenvalue weighted by Crippen LogP contribution is 2.20. The van der Waals surface area contributed by atoms with Crippen LogP contribution in [-0.4, -0.2) is 48.9 Å². The van der Waals surface area contributed by atoms with Crippen LogP contribution in [0.3, 0.4) is 0 Å². The summed E-state index contributed by atoms with van der Waals surface area (Å²) in [5, 5.41) is 6.19. The third kappa shape index (κ3) is 4.37. The van der Waals surface area contributed by atoms with E-state index in [1.807, 2.05) is 6.92 Å². The lowest BCUT2D eigenvalue weighted by molar-refractivity contribution is -0.123. The number of amides is 2. The Morgan fingerprint density at radius 1 is 1.32 bits per heavy atom. The fourth-order valence-corrected chi connectivity index (χ4v) is 3.67. The molecular weight excluding hydrogens is 321 g/mol. The lowest BCUT2D eigenvalue weighted by Crippen LogP contribution is -2.46. The molecule has 2 aliphatic rings. The van der Waals surface area contributed by atoms with Gasteiger partial charge in [0, 0.05) is 19.6 Å². The van der Waals surface area contributed by atoms with Gasteiger partial charge in [-0.25, -0.2) is 4.39 Å². The van der Waals surface area contributed by atoms with E-state index in [0.717, 1.165) is 37.8 Å². The van der Waals surface area contributed by atoms with Gasteiger partial charge in [0.2, 0.25) is 5.91 Å². The molecule has 0 spiro atoms. The predicted octanol–water partition coefficient (Wildman–Crippen LogP) is 1.85. The lowest BCUT2D eigenvalue weighted by atomic mass is 9.97. The summed E-state index contributed by atoms with van der Waals surface area (Å²) in [4.78, 5) is 26.5. The van der Waals surface area contributed by atoms with Gasteiger partial charge in [-0.3, -0.25) is 9.59 Å². The first-order chi connectivity index (χ1) is 12.0. The Bertz CT molecular complexity index is 644. The molecule has 0 radical (unpaired) electrons. The van der Waals surface area contributed by atoms with Crippen LogP contribution in [0.4, 0.5) is 4.39 Å². The van der Waals surface area contributed by atoms with E-state index in [-0.39, 0.29) is 29.3 Å². The number of rotatable bonds is 4. The molecule has 2 N–H and O–H groups in total. The van der Waals surface area contributed by atoms with Gasteiger partial charge in [-0.2, -0.15) is 0 Å². The van der Waals surface area contributed by atoms with Gasteiger partial charge in [0.25, 0.3) is 5.91 Å². The molecule has 0 aliphatic carbocycles. The molecule has 2 amide bonds. The molecule has 1 aromatic carbocycles. The first-order valence-corrected chi connectivity index (χ1v) is 9.11. The standard InChI is InChI=1S/C19H26FN3O2/c1-13-6-7-16(20)15(10-13)19(25)23-9-3-4-14(12-23)11-22-18(24)17-5-2-8-21-17/h6-7,10,14,17,21H,2-5,8-9,11-12H2,1H3,(H,22,24). The Hall–Kier alpha value is -1.95. The number of hydrogen-bond donors (Lipinski definition) is 2. The molecule has 2 atom stereocenters. The molecule has 2 saturated heterocycles. The molecule has 2 heterocycles. The zero-order chi connectivity index (χ0) is 17.8. The van der Waals surface area contributed by atoms with Gasteiger partial charge in [-0.1, -0.05) is 11.6 Å². The van der Waals surface area contributed by atoms with Crippen LogP contribution < -0.4 is 10.6 Å². The van der Waals surface area contributed by atoms with Gasteiger partial charge in [0.1, 0.15) is 5.82 Å². The highest BCUT2D eigenvalue weighted by atomic mass is 19.1. The summed E-state index contributed by atoms with van der Waals surface area (Å²) in [5.41, 5.74) is 1.01. The Labute approximate surface area is 148 Å². The number of carbonyl (C=O) groups excluding carboxylic acids is 2. The van der Waals surface area contributed by atoms with E-state index in [2.05, 4.69) is 10.6 Å². The maximum atomic E-state index is 14.0. The van der Waals surface area contributed by atoms with Crippen molar-refractivity contribution in [1.82, 2.24) is 15.5 Å². The number of nitrogens with one attached hydrogen (secondary N) is 2. The molecule has 0 saturated carbocycles. The minimum atomic E-state index is -0.474. The van der Waals surface area contributed by atoms with E-state index in [4.69, 9.17) is 0 Å². The van der Waals surface area contributed by atoms with Gasteiger partial charge in [-0.05, 0) is 57.2 Å². The van der Waals surface area contributed by atoms with Crippen LogP contribution in [0.2, 0.25) is 0 Å². The van der Waals surface area contributed by atoms with Crippen LogP contribution >= 0.6 is 0 Å². The van der Waals surface area contributed by atoms with Gasteiger partial charge >= 0.3 is 0 Å². The van der Waals surface area contributed by atoms with Crippen molar-refractivity contribution in [2.24, 2.45) is 5.92 Å². The number of aryl methyl sites for hydroxylation is 1. The summed E-state index contributed by atoms with van der Waals surface area (Å²) in [5.74, 6) is -0.463. The van der Waals surface area contributed by atoms with Gasteiger partial charge in [0.15, 0.2) is 0 Å². The summed E-state index contributed by atoms with van der Waals surface area (Å²) < 4.78 is 14.0. The molecule has 2 unspecified atom stereocenters. The first kappa shape index (κ1) is 17.9. The Morgan fingerprint density at radius 3 is 2.92 bits per heavy atom. The first-order valence-electron chi connectivity index (χ1n) is 9.11. The van der Waals surface area contributed by atoms with Crippen molar-refractivity contribution in [3.05, 3.63) is 35.1 Å². The summed E-state index contributed by atoms with van der Waals surface area (Å²) in [6, 6.07) is 4.54. The highest BCUT2D eigenvalue weighted by Gasteiger charge is 2.27. The molecule has 0 bridgehead atoms. The summed E-state index contributed by atoms with van der Waals surface area (Å²) in [7, 11) is 0. The van der Waals surface area contributed by atoms with Crippen molar-refractivity contribution in [3.63, 3.8) is 0 Å². The van der Waals surface area contributed by atoms with Crippen molar-refractivity contribution in [2.75, 3.05) is 26.2 Å². The molecule has 1 aromatic rings. The van der Waals surface area contributed by atoms with Crippen LogP contribution in [0.1, 0.15) is 41.6 Å². The number of halogens is 1. The second-order valence-corrected chi connectivity index (χ2v) is 7.14. The SMILES string of the molecule is Cc1ccc(F)c(C(=O)N2CCCC(CNC(=O)C3CCCN3)C2)c1. The minimum absolute atomic E-state index is 0.0469. The van der Waals surface area contributed by atoms with E-state index in [1.54, 1.807) is 17.0 Å². The van der Waals surface area contributed by atoms with Crippen molar-refractivity contribution < 1.29 is 14.0 Å². The summed E-state index contributed by atoms with van der Waals surface area (Å²) in [6.07, 6.45) is 3.76. The van der Waals surface area contributed by atoms with Crippen LogP contribution in [0, 0.1) is 18.7 Å². The number of likely N-dealkylation sites (tertiary alicyclic amines) is 1. The van der Waals surface area contributed by atoms with Crippen LogP contribution in [0.5, 0.6) is 0 Å². The molecule has 3 rings (SSSR count). The third-order valence-corrected chi connectivity index (χ3v) is 5.10. The van der Waals surface area contributed by atoms with Crippen LogP contribution in [0.25, 0.3) is 0 Å². The number of carbonyl (C=O) groups is 2. The van der Waals surface area contributed by atoms with E-state index in [0.29, 0.717) is 19.6 Å². The topological polar surface area (TPSA) is 61.4 Å². The normalized spacial score (nSPS) is 23.5. The molecule has 2 aliphatic heterocycles. The van der Waals surface area contributed by atoms with Crippen molar-refractivity contribution in [3.8, 4) is 0 Å². The molecule has 25 heavy (non-hydrogen) atoms. The lowest BCUT2D eigenvalue weighted by Gasteiger charge is -2.33. The summed E-state index contributed by atoms with van der Waals surface area (Å²) >= 11 is 0. The zero-order valence-electron chi connectivity index (χ0n) is 14.7. The maximum Gasteiger partial charge on any atom is 0.256 e. The van der Waals surface area contributed by atoms with Crippen LogP contribution in [0.15, 0.2) is 18.2 Å². The van der Waals surface area contributed by atoms with E-state index in [1.165, 1.54) is 6.07 Å². The monoisotopic (exact) mass is 347 g/mol. The molecule has 5 nitrogen and oxygen atoms in total. The van der Waals surface area contributed by atoms with Crippen LogP contribution in [-0.2, 0) is 4.79 Å². The zero-order valence-corrected chi connectivity index (χ0v) is 14.7. The summed E-state index contributed by atoms with van der Waals surface area (Å²) in [6.45, 7) is 4.51. The molecule has 136 valence electrons. The molecule has 0 aromatic heterocycles. The van der Waals surface area contributed by atoms with E-state index < -0.39 is 5.82 Å². The number of nitrogens with zero attached hydrogens (tertiary/aromatic N) is 1. The minimum Gasteiger partial charge on any atom is -0.354 e. The Balaban J connectivity index is 1.56. The maximum absolute atomic E-state index is 14.0. The molecular formula is C19H26FN3O2. The third-order valence-electron chi connectivity index (χ3n) is 5.10. The fraction of sp³-hybridized carbons (Fsp3) is 0.579.